The minimum atomic E-state index is 0.788. The summed E-state index contributed by atoms with van der Waals surface area (Å²) in [7, 11) is 2.01. The summed E-state index contributed by atoms with van der Waals surface area (Å²) in [6.45, 7) is 0.948. The molecule has 0 bridgehead atoms. The van der Waals surface area contributed by atoms with Crippen LogP contribution in [0, 0.1) is 6.33 Å². The van der Waals surface area contributed by atoms with Crippen molar-refractivity contribution in [2.45, 2.75) is 13.0 Å². The monoisotopic (exact) mass is 442 g/mol. The van der Waals surface area contributed by atoms with Crippen LogP contribution in [0.1, 0.15) is 5.56 Å². The van der Waals surface area contributed by atoms with Gasteiger partial charge in [0.1, 0.15) is 17.3 Å². The van der Waals surface area contributed by atoms with E-state index in [1.165, 1.54) is 11.1 Å². The average molecular weight is 443 g/mol. The van der Waals surface area contributed by atoms with Gasteiger partial charge in [0.15, 0.2) is 0 Å². The first-order chi connectivity index (χ1) is 16.7. The number of rotatable bonds is 3. The third kappa shape index (κ3) is 2.94. The Kier molecular flexibility index (Phi) is 4.12. The van der Waals surface area contributed by atoms with Gasteiger partial charge >= 0.3 is 0 Å². The molecule has 0 atom stereocenters. The summed E-state index contributed by atoms with van der Waals surface area (Å²) >= 11 is 0. The van der Waals surface area contributed by atoms with Crippen LogP contribution in [0.5, 0.6) is 11.5 Å². The number of hydrogen-bond acceptors (Lipinski definition) is 2. The lowest BCUT2D eigenvalue weighted by Gasteiger charge is -2.19. The fraction of sp³-hybridized carbons (Fsp3) is 0.103. The van der Waals surface area contributed by atoms with Crippen molar-refractivity contribution in [1.82, 2.24) is 14.1 Å². The molecule has 164 valence electrons. The summed E-state index contributed by atoms with van der Waals surface area (Å²) in [5.41, 5.74) is 7.92. The van der Waals surface area contributed by atoms with Crippen LogP contribution in [-0.2, 0) is 20.0 Å². The molecule has 0 fully saturated rings. The van der Waals surface area contributed by atoms with E-state index >= 15 is 0 Å². The smallest absolute Gasteiger partial charge is 0.244 e. The van der Waals surface area contributed by atoms with Gasteiger partial charge < -0.3 is 18.4 Å². The Labute approximate surface area is 197 Å². The first kappa shape index (κ1) is 19.1. The van der Waals surface area contributed by atoms with Gasteiger partial charge in [-0.2, -0.15) is 0 Å². The highest BCUT2D eigenvalue weighted by molar-refractivity contribution is 5.82. The maximum absolute atomic E-state index is 6.34. The highest BCUT2D eigenvalue weighted by atomic mass is 16.5. The van der Waals surface area contributed by atoms with Gasteiger partial charge in [-0.1, -0.05) is 54.6 Å². The van der Waals surface area contributed by atoms with Crippen molar-refractivity contribution < 1.29 is 9.30 Å². The van der Waals surface area contributed by atoms with Crippen molar-refractivity contribution in [3.63, 3.8) is 0 Å². The Bertz CT molecular complexity index is 1710. The summed E-state index contributed by atoms with van der Waals surface area (Å²) in [6.07, 6.45) is 4.38. The maximum atomic E-state index is 6.34. The van der Waals surface area contributed by atoms with Gasteiger partial charge in [-0.25, -0.2) is 4.98 Å². The van der Waals surface area contributed by atoms with Gasteiger partial charge in [-0.15, -0.1) is 0 Å². The molecule has 0 N–H and O–H groups in total. The molecule has 5 heteroatoms. The summed E-state index contributed by atoms with van der Waals surface area (Å²) in [5, 5.41) is 0. The molecule has 0 spiro atoms. The van der Waals surface area contributed by atoms with Crippen molar-refractivity contribution in [2.24, 2.45) is 7.05 Å². The second kappa shape index (κ2) is 7.32. The van der Waals surface area contributed by atoms with Crippen molar-refractivity contribution >= 4 is 22.1 Å². The molecule has 34 heavy (non-hydrogen) atoms. The second-order valence-corrected chi connectivity index (χ2v) is 8.73. The first-order valence-corrected chi connectivity index (χ1v) is 11.5. The van der Waals surface area contributed by atoms with Crippen LogP contribution < -0.4 is 9.30 Å². The van der Waals surface area contributed by atoms with Crippen LogP contribution in [0.3, 0.4) is 0 Å². The molecule has 1 aliphatic rings. The summed E-state index contributed by atoms with van der Waals surface area (Å²) in [4.78, 5) is 4.93. The maximum Gasteiger partial charge on any atom is 0.244 e. The topological polar surface area (TPSA) is 35.9 Å². The predicted molar refractivity (Wildman–Crippen MR) is 132 cm³/mol. The van der Waals surface area contributed by atoms with Gasteiger partial charge in [0.05, 0.1) is 34.8 Å². The summed E-state index contributed by atoms with van der Waals surface area (Å²) in [6, 6.07) is 31.1. The fourth-order valence-corrected chi connectivity index (χ4v) is 5.00. The molecule has 0 saturated carbocycles. The molecular formula is C29H22N4O. The lowest BCUT2D eigenvalue weighted by Crippen LogP contribution is -2.26. The molecule has 7 rings (SSSR count). The summed E-state index contributed by atoms with van der Waals surface area (Å²) < 4.78 is 12.7. The van der Waals surface area contributed by atoms with Crippen molar-refractivity contribution in [2.75, 3.05) is 0 Å². The number of aromatic nitrogens is 4. The molecule has 0 unspecified atom stereocenters. The number of fused-ring (bicyclic) bond motifs is 6. The number of para-hydroxylation sites is 4. The Morgan fingerprint density at radius 2 is 1.68 bits per heavy atom. The minimum Gasteiger partial charge on any atom is -0.458 e. The second-order valence-electron chi connectivity index (χ2n) is 8.73. The summed E-state index contributed by atoms with van der Waals surface area (Å²) in [5.74, 6) is 2.61. The number of benzene rings is 4. The highest BCUT2D eigenvalue weighted by Crippen LogP contribution is 2.36. The Morgan fingerprint density at radius 1 is 0.853 bits per heavy atom. The van der Waals surface area contributed by atoms with Crippen LogP contribution in [0.4, 0.5) is 0 Å². The average Bonchev–Trinajstić information content (AvgIpc) is 3.43. The van der Waals surface area contributed by atoms with Crippen LogP contribution >= 0.6 is 0 Å². The van der Waals surface area contributed by atoms with Crippen molar-refractivity contribution in [1.29, 1.82) is 0 Å². The number of aryl methyl sites for hydroxylation is 3. The van der Waals surface area contributed by atoms with Crippen LogP contribution in [0.15, 0.2) is 91.0 Å². The zero-order valence-electron chi connectivity index (χ0n) is 18.8. The molecule has 4 aromatic carbocycles. The molecule has 1 aliphatic heterocycles. The number of imidazole rings is 2. The van der Waals surface area contributed by atoms with Crippen LogP contribution in [0.2, 0.25) is 0 Å². The molecule has 0 amide bonds. The van der Waals surface area contributed by atoms with Gasteiger partial charge in [-0.3, -0.25) is 0 Å². The van der Waals surface area contributed by atoms with Gasteiger partial charge in [0.25, 0.3) is 0 Å². The van der Waals surface area contributed by atoms with E-state index in [1.54, 1.807) is 0 Å². The van der Waals surface area contributed by atoms with E-state index in [2.05, 4.69) is 76.1 Å². The predicted octanol–water partition coefficient (Wildman–Crippen LogP) is 5.62. The standard InChI is InChI=1S/C29H22N4O/c1-31-19-33(28-12-5-4-11-27(28)31)21-7-6-8-22(17-21)34-23-14-13-20-15-16-32-26-10-3-2-9-25(26)30-29(32)24(20)18-23/h2-14,17-18H,15-16H2,1H3. The number of ether oxygens (including phenoxy) is 1. The molecule has 3 heterocycles. The normalized spacial score (nSPS) is 12.6. The molecule has 0 radical (unpaired) electrons. The van der Waals surface area contributed by atoms with E-state index in [0.717, 1.165) is 58.1 Å². The van der Waals surface area contributed by atoms with Gasteiger partial charge in [0, 0.05) is 12.1 Å². The van der Waals surface area contributed by atoms with Gasteiger partial charge in [-0.05, 0) is 48.4 Å². The molecular weight excluding hydrogens is 420 g/mol. The van der Waals surface area contributed by atoms with E-state index in [0.29, 0.717) is 0 Å². The van der Waals surface area contributed by atoms with Crippen molar-refractivity contribution in [3.8, 4) is 28.6 Å². The molecule has 0 saturated heterocycles. The van der Waals surface area contributed by atoms with E-state index in [9.17, 15) is 0 Å². The number of hydrogen-bond donors (Lipinski definition) is 0. The van der Waals surface area contributed by atoms with E-state index in [-0.39, 0.29) is 0 Å². The SMILES string of the molecule is C[n+]1[c-]n(-c2cccc(Oc3ccc4c(c3)-c3nc5ccccc5n3CC4)c2)c2ccccc21. The lowest BCUT2D eigenvalue weighted by atomic mass is 10.0. The third-order valence-electron chi connectivity index (χ3n) is 6.63. The fourth-order valence-electron chi connectivity index (χ4n) is 5.00. The van der Waals surface area contributed by atoms with E-state index < -0.39 is 0 Å². The lowest BCUT2D eigenvalue weighted by molar-refractivity contribution is -0.649. The molecule has 6 aromatic rings. The number of nitrogens with zero attached hydrogens (tertiary/aromatic N) is 4. The third-order valence-corrected chi connectivity index (χ3v) is 6.63. The zero-order valence-corrected chi connectivity index (χ0v) is 18.8. The van der Waals surface area contributed by atoms with Gasteiger partial charge in [0.2, 0.25) is 6.33 Å². The Hall–Kier alpha value is -4.38. The Balaban J connectivity index is 1.26. The van der Waals surface area contributed by atoms with Crippen LogP contribution in [-0.4, -0.2) is 14.1 Å². The quantitative estimate of drug-likeness (QED) is 0.263. The largest absolute Gasteiger partial charge is 0.458 e. The minimum absolute atomic E-state index is 0.788. The van der Waals surface area contributed by atoms with Crippen LogP contribution in [0.25, 0.3) is 39.1 Å². The molecule has 2 aromatic heterocycles. The highest BCUT2D eigenvalue weighted by Gasteiger charge is 2.21. The van der Waals surface area contributed by atoms with E-state index in [4.69, 9.17) is 9.72 Å². The molecule has 5 nitrogen and oxygen atoms in total. The first-order valence-electron chi connectivity index (χ1n) is 11.5. The van der Waals surface area contributed by atoms with Crippen molar-refractivity contribution in [3.05, 3.63) is 103 Å². The Morgan fingerprint density at radius 3 is 2.62 bits per heavy atom. The molecule has 0 aliphatic carbocycles. The zero-order chi connectivity index (χ0) is 22.6. The van der Waals surface area contributed by atoms with E-state index in [1.807, 2.05) is 41.9 Å².